The second-order valence-electron chi connectivity index (χ2n) is 6.83. The number of nitrogens with zero attached hydrogens (tertiary/aromatic N) is 2. The highest BCUT2D eigenvalue weighted by Crippen LogP contribution is 2.25. The van der Waals surface area contributed by atoms with Crippen molar-refractivity contribution in [3.8, 4) is 0 Å². The Morgan fingerprint density at radius 1 is 1.38 bits per heavy atom. The van der Waals surface area contributed by atoms with Crippen LogP contribution in [0, 0.1) is 0 Å². The third-order valence-corrected chi connectivity index (χ3v) is 5.87. The van der Waals surface area contributed by atoms with Gasteiger partial charge in [0.1, 0.15) is 0 Å². The number of urea groups is 1. The number of carbonyl (C=O) groups excluding carboxylic acids is 2. The van der Waals surface area contributed by atoms with Crippen molar-refractivity contribution in [2.45, 2.75) is 64.1 Å². The zero-order chi connectivity index (χ0) is 16.9. The van der Waals surface area contributed by atoms with Crippen LogP contribution in [0.2, 0.25) is 0 Å². The molecule has 1 saturated heterocycles. The fourth-order valence-electron chi connectivity index (χ4n) is 3.77. The molecule has 0 unspecified atom stereocenters. The number of likely N-dealkylation sites (tertiary alicyclic amines) is 1. The van der Waals surface area contributed by atoms with Gasteiger partial charge in [0.25, 0.3) is 0 Å². The monoisotopic (exact) mass is 349 g/mol. The lowest BCUT2D eigenvalue weighted by Crippen LogP contribution is -2.50. The van der Waals surface area contributed by atoms with Gasteiger partial charge in [-0.2, -0.15) is 11.3 Å². The lowest BCUT2D eigenvalue weighted by molar-refractivity contribution is -0.127. The Bertz CT molecular complexity index is 555. The maximum absolute atomic E-state index is 12.9. The van der Waals surface area contributed by atoms with Crippen molar-refractivity contribution in [2.75, 3.05) is 13.1 Å². The van der Waals surface area contributed by atoms with Crippen LogP contribution in [0.3, 0.4) is 0 Å². The van der Waals surface area contributed by atoms with Crippen molar-refractivity contribution in [3.63, 3.8) is 0 Å². The van der Waals surface area contributed by atoms with E-state index in [2.05, 4.69) is 22.1 Å². The number of rotatable bonds is 5. The van der Waals surface area contributed by atoms with Crippen molar-refractivity contribution in [2.24, 2.45) is 0 Å². The molecule has 3 amide bonds. The highest BCUT2D eigenvalue weighted by molar-refractivity contribution is 7.07. The van der Waals surface area contributed by atoms with E-state index in [1.54, 1.807) is 11.3 Å². The summed E-state index contributed by atoms with van der Waals surface area (Å²) in [6.45, 7) is 4.00. The molecule has 24 heavy (non-hydrogen) atoms. The van der Waals surface area contributed by atoms with Crippen molar-refractivity contribution >= 4 is 23.3 Å². The minimum atomic E-state index is -0.0569. The van der Waals surface area contributed by atoms with Gasteiger partial charge in [-0.25, -0.2) is 4.79 Å². The lowest BCUT2D eigenvalue weighted by Gasteiger charge is -2.35. The van der Waals surface area contributed by atoms with Crippen molar-refractivity contribution in [1.82, 2.24) is 15.1 Å². The molecule has 1 saturated carbocycles. The first-order valence-corrected chi connectivity index (χ1v) is 9.97. The summed E-state index contributed by atoms with van der Waals surface area (Å²) in [5, 5.41) is 7.28. The summed E-state index contributed by atoms with van der Waals surface area (Å²) in [6.07, 6.45) is 6.27. The van der Waals surface area contributed by atoms with Gasteiger partial charge in [-0.1, -0.05) is 19.3 Å². The Morgan fingerprint density at radius 2 is 2.17 bits per heavy atom. The van der Waals surface area contributed by atoms with Crippen LogP contribution in [0.25, 0.3) is 0 Å². The number of hydrogen-bond acceptors (Lipinski definition) is 3. The topological polar surface area (TPSA) is 52.7 Å². The van der Waals surface area contributed by atoms with E-state index in [1.807, 2.05) is 16.7 Å². The normalized spacial score (nSPS) is 22.0. The molecule has 3 rings (SSSR count). The Balaban J connectivity index is 1.65. The molecule has 1 aromatic heterocycles. The first-order valence-electron chi connectivity index (χ1n) is 9.03. The van der Waals surface area contributed by atoms with Gasteiger partial charge in [0, 0.05) is 32.1 Å². The molecule has 2 fully saturated rings. The van der Waals surface area contributed by atoms with E-state index >= 15 is 0 Å². The highest BCUT2D eigenvalue weighted by Gasteiger charge is 2.32. The second-order valence-corrected chi connectivity index (χ2v) is 7.61. The summed E-state index contributed by atoms with van der Waals surface area (Å²) in [7, 11) is 0. The van der Waals surface area contributed by atoms with Gasteiger partial charge in [0.2, 0.25) is 5.91 Å². The predicted molar refractivity (Wildman–Crippen MR) is 95.9 cm³/mol. The number of hydrogen-bond donors (Lipinski definition) is 1. The molecule has 0 bridgehead atoms. The number of likely N-dealkylation sites (N-methyl/N-ethyl adjacent to an activating group) is 1. The van der Waals surface area contributed by atoms with Gasteiger partial charge in [0.05, 0.1) is 6.04 Å². The zero-order valence-electron chi connectivity index (χ0n) is 14.4. The molecule has 1 atom stereocenters. The fourth-order valence-corrected chi connectivity index (χ4v) is 4.43. The third-order valence-electron chi connectivity index (χ3n) is 5.13. The molecule has 1 aliphatic carbocycles. The van der Waals surface area contributed by atoms with Gasteiger partial charge < -0.3 is 15.1 Å². The van der Waals surface area contributed by atoms with Gasteiger partial charge in [-0.15, -0.1) is 0 Å². The summed E-state index contributed by atoms with van der Waals surface area (Å²) in [5.41, 5.74) is 1.19. The number of nitrogens with one attached hydrogen (secondary N) is 1. The van der Waals surface area contributed by atoms with Crippen LogP contribution in [0.5, 0.6) is 0 Å². The van der Waals surface area contributed by atoms with Crippen LogP contribution in [-0.2, 0) is 11.3 Å². The molecule has 0 aromatic carbocycles. The van der Waals surface area contributed by atoms with E-state index in [0.29, 0.717) is 32.1 Å². The number of thiophene rings is 1. The van der Waals surface area contributed by atoms with Crippen LogP contribution in [-0.4, -0.2) is 46.9 Å². The first-order chi connectivity index (χ1) is 11.7. The molecule has 1 N–H and O–H groups in total. The number of amides is 3. The minimum absolute atomic E-state index is 0.0103. The van der Waals surface area contributed by atoms with Crippen molar-refractivity contribution in [3.05, 3.63) is 22.4 Å². The molecule has 6 heteroatoms. The molecule has 1 aromatic rings. The summed E-state index contributed by atoms with van der Waals surface area (Å²) < 4.78 is 0. The largest absolute Gasteiger partial charge is 0.341 e. The van der Waals surface area contributed by atoms with Crippen LogP contribution in [0.4, 0.5) is 4.79 Å². The maximum Gasteiger partial charge on any atom is 0.318 e. The molecule has 0 spiro atoms. The fraction of sp³-hybridized carbons (Fsp3) is 0.667. The Labute approximate surface area is 148 Å². The van der Waals surface area contributed by atoms with Gasteiger partial charge in [-0.05, 0) is 42.2 Å². The molecule has 132 valence electrons. The summed E-state index contributed by atoms with van der Waals surface area (Å²) >= 11 is 1.67. The summed E-state index contributed by atoms with van der Waals surface area (Å²) in [5.74, 6) is 0.143. The quantitative estimate of drug-likeness (QED) is 0.887. The van der Waals surface area contributed by atoms with E-state index in [4.69, 9.17) is 0 Å². The first kappa shape index (κ1) is 17.3. The predicted octanol–water partition coefficient (Wildman–Crippen LogP) is 3.21. The molecular weight excluding hydrogens is 322 g/mol. The molecule has 2 aliphatic rings. The van der Waals surface area contributed by atoms with Crippen LogP contribution in [0.15, 0.2) is 16.8 Å². The zero-order valence-corrected chi connectivity index (χ0v) is 15.2. The van der Waals surface area contributed by atoms with Crippen LogP contribution < -0.4 is 5.32 Å². The second kappa shape index (κ2) is 8.01. The Hall–Kier alpha value is -1.56. The van der Waals surface area contributed by atoms with Gasteiger partial charge in [0.15, 0.2) is 0 Å². The smallest absolute Gasteiger partial charge is 0.318 e. The minimum Gasteiger partial charge on any atom is -0.341 e. The van der Waals surface area contributed by atoms with Gasteiger partial charge in [-0.3, -0.25) is 4.79 Å². The van der Waals surface area contributed by atoms with Crippen LogP contribution in [0.1, 0.15) is 51.0 Å². The SMILES string of the molecule is CCN1C[C@@H](NC(=O)N(Cc2ccsc2)C2CCCCC2)CC1=O. The molecular formula is C18H27N3O2S. The Kier molecular flexibility index (Phi) is 5.76. The van der Waals surface area contributed by atoms with Gasteiger partial charge >= 0.3 is 6.03 Å². The average Bonchev–Trinajstić information content (AvgIpc) is 3.22. The van der Waals surface area contributed by atoms with E-state index < -0.39 is 0 Å². The van der Waals surface area contributed by atoms with E-state index in [-0.39, 0.29) is 18.0 Å². The molecule has 0 radical (unpaired) electrons. The molecule has 2 heterocycles. The summed E-state index contributed by atoms with van der Waals surface area (Å²) in [6, 6.07) is 2.34. The molecule has 1 aliphatic heterocycles. The van der Waals surface area contributed by atoms with E-state index in [9.17, 15) is 9.59 Å². The summed E-state index contributed by atoms with van der Waals surface area (Å²) in [4.78, 5) is 28.6. The van der Waals surface area contributed by atoms with E-state index in [0.717, 1.165) is 12.8 Å². The number of carbonyl (C=O) groups is 2. The lowest BCUT2D eigenvalue weighted by atomic mass is 9.94. The van der Waals surface area contributed by atoms with Crippen molar-refractivity contribution in [1.29, 1.82) is 0 Å². The van der Waals surface area contributed by atoms with Crippen LogP contribution >= 0.6 is 11.3 Å². The molecule has 5 nitrogen and oxygen atoms in total. The third kappa shape index (κ3) is 4.09. The average molecular weight is 350 g/mol. The standard InChI is InChI=1S/C18H27N3O2S/c1-2-20-12-15(10-17(20)22)19-18(23)21(11-14-8-9-24-13-14)16-6-4-3-5-7-16/h8-9,13,15-16H,2-7,10-12H2,1H3,(H,19,23)/t15-/m0/s1. The van der Waals surface area contributed by atoms with Crippen molar-refractivity contribution < 1.29 is 9.59 Å². The van der Waals surface area contributed by atoms with E-state index in [1.165, 1.54) is 24.8 Å². The highest BCUT2D eigenvalue weighted by atomic mass is 32.1. The maximum atomic E-state index is 12.9. The Morgan fingerprint density at radius 3 is 2.79 bits per heavy atom.